The molecule has 3 aliphatic rings. The van der Waals surface area contributed by atoms with Gasteiger partial charge in [0.1, 0.15) is 6.10 Å². The standard InChI is InChI=1S/C14H18ClNO4/c15-7-6-9-11-14(13(19)20-11,16-12(9)18)10(17)8-4-2-1-3-5-8/h2,4,8-11,17H,1,3,5-7H2,(H,16,18)/t8?,9?,10-,11?,14+/m0/s1. The number of hydrogen-bond acceptors (Lipinski definition) is 4. The van der Waals surface area contributed by atoms with E-state index in [1.165, 1.54) is 0 Å². The third-order valence-corrected chi connectivity index (χ3v) is 4.85. The Kier molecular flexibility index (Phi) is 3.50. The average molecular weight is 300 g/mol. The van der Waals surface area contributed by atoms with E-state index in [9.17, 15) is 14.7 Å². The highest BCUT2D eigenvalue weighted by Crippen LogP contribution is 2.45. The smallest absolute Gasteiger partial charge is 0.339 e. The summed E-state index contributed by atoms with van der Waals surface area (Å²) in [6.07, 6.45) is 5.65. The van der Waals surface area contributed by atoms with Crippen molar-refractivity contribution in [2.45, 2.75) is 43.4 Å². The second kappa shape index (κ2) is 5.04. The Balaban J connectivity index is 1.86. The molecule has 2 fully saturated rings. The van der Waals surface area contributed by atoms with Crippen LogP contribution >= 0.6 is 11.6 Å². The fourth-order valence-corrected chi connectivity index (χ4v) is 3.76. The summed E-state index contributed by atoms with van der Waals surface area (Å²) in [6, 6.07) is 0. The summed E-state index contributed by atoms with van der Waals surface area (Å²) in [7, 11) is 0. The number of ether oxygens (including phenoxy) is 1. The lowest BCUT2D eigenvalue weighted by molar-refractivity contribution is -0.207. The number of allylic oxidation sites excluding steroid dienone is 1. The van der Waals surface area contributed by atoms with Crippen molar-refractivity contribution >= 4 is 23.5 Å². The van der Waals surface area contributed by atoms with E-state index in [0.717, 1.165) is 19.3 Å². The lowest BCUT2D eigenvalue weighted by Crippen LogP contribution is -2.74. The first-order valence-electron chi connectivity index (χ1n) is 7.05. The number of esters is 1. The first-order valence-corrected chi connectivity index (χ1v) is 7.58. The highest BCUT2D eigenvalue weighted by Gasteiger charge is 2.72. The van der Waals surface area contributed by atoms with Gasteiger partial charge in [-0.2, -0.15) is 0 Å². The Labute approximate surface area is 122 Å². The quantitative estimate of drug-likeness (QED) is 0.456. The van der Waals surface area contributed by atoms with Gasteiger partial charge in [-0.15, -0.1) is 11.6 Å². The molecule has 20 heavy (non-hydrogen) atoms. The predicted molar refractivity (Wildman–Crippen MR) is 72.1 cm³/mol. The molecule has 0 radical (unpaired) electrons. The Morgan fingerprint density at radius 3 is 2.95 bits per heavy atom. The Morgan fingerprint density at radius 2 is 2.35 bits per heavy atom. The van der Waals surface area contributed by atoms with Crippen LogP contribution in [0.5, 0.6) is 0 Å². The molecule has 1 aliphatic carbocycles. The monoisotopic (exact) mass is 299 g/mol. The van der Waals surface area contributed by atoms with Crippen molar-refractivity contribution in [1.82, 2.24) is 5.32 Å². The van der Waals surface area contributed by atoms with Crippen molar-refractivity contribution in [2.75, 3.05) is 5.88 Å². The molecular weight excluding hydrogens is 282 g/mol. The van der Waals surface area contributed by atoms with Gasteiger partial charge in [-0.05, 0) is 25.7 Å². The van der Waals surface area contributed by atoms with Gasteiger partial charge < -0.3 is 15.2 Å². The van der Waals surface area contributed by atoms with Gasteiger partial charge >= 0.3 is 5.97 Å². The molecule has 0 aromatic carbocycles. The number of amides is 1. The van der Waals surface area contributed by atoms with E-state index in [1.807, 2.05) is 12.2 Å². The van der Waals surface area contributed by atoms with Crippen molar-refractivity contribution in [2.24, 2.45) is 11.8 Å². The third kappa shape index (κ3) is 1.79. The number of alkyl halides is 1. The Bertz CT molecular complexity index is 466. The van der Waals surface area contributed by atoms with Crippen molar-refractivity contribution in [3.05, 3.63) is 12.2 Å². The van der Waals surface area contributed by atoms with Crippen LogP contribution in [0.25, 0.3) is 0 Å². The molecule has 6 heteroatoms. The molecule has 3 unspecified atom stereocenters. The largest absolute Gasteiger partial charge is 0.456 e. The molecule has 0 spiro atoms. The predicted octanol–water partition coefficient (Wildman–Crippen LogP) is 0.743. The molecule has 0 aromatic heterocycles. The van der Waals surface area contributed by atoms with Crippen LogP contribution in [0.3, 0.4) is 0 Å². The van der Waals surface area contributed by atoms with Gasteiger partial charge in [0.2, 0.25) is 11.4 Å². The maximum Gasteiger partial charge on any atom is 0.339 e. The van der Waals surface area contributed by atoms with Crippen molar-refractivity contribution in [3.63, 3.8) is 0 Å². The zero-order chi connectivity index (χ0) is 14.3. The minimum absolute atomic E-state index is 0.117. The van der Waals surface area contributed by atoms with Crippen LogP contribution in [0, 0.1) is 11.8 Å². The maximum atomic E-state index is 12.0. The van der Waals surface area contributed by atoms with Crippen LogP contribution in [-0.4, -0.2) is 40.6 Å². The summed E-state index contributed by atoms with van der Waals surface area (Å²) in [5.41, 5.74) is -1.26. The van der Waals surface area contributed by atoms with Crippen LogP contribution in [0.1, 0.15) is 25.7 Å². The van der Waals surface area contributed by atoms with Crippen molar-refractivity contribution in [3.8, 4) is 0 Å². The molecule has 0 saturated carbocycles. The van der Waals surface area contributed by atoms with Crippen molar-refractivity contribution in [1.29, 1.82) is 0 Å². The molecule has 2 heterocycles. The SMILES string of the molecule is O=C1N[C@@]2([C@@H](O)C3C=CCCC3)C(=O)OC2C1CCCl. The molecule has 2 N–H and O–H groups in total. The summed E-state index contributed by atoms with van der Waals surface area (Å²) in [4.78, 5) is 24.0. The summed E-state index contributed by atoms with van der Waals surface area (Å²) in [5, 5.41) is 13.3. The number of aliphatic hydroxyl groups is 1. The summed E-state index contributed by atoms with van der Waals surface area (Å²) < 4.78 is 5.15. The number of nitrogens with one attached hydrogen (secondary N) is 1. The molecule has 5 atom stereocenters. The van der Waals surface area contributed by atoms with Gasteiger partial charge in [-0.3, -0.25) is 4.79 Å². The van der Waals surface area contributed by atoms with E-state index in [1.54, 1.807) is 0 Å². The van der Waals surface area contributed by atoms with E-state index < -0.39 is 29.6 Å². The Hall–Kier alpha value is -1.07. The summed E-state index contributed by atoms with van der Waals surface area (Å²) in [5.74, 6) is -1.02. The molecule has 3 rings (SSSR count). The molecular formula is C14H18ClNO4. The molecule has 0 aromatic rings. The second-order valence-corrected chi connectivity index (χ2v) is 6.11. The van der Waals surface area contributed by atoms with E-state index in [0.29, 0.717) is 12.3 Å². The number of halogens is 1. The van der Waals surface area contributed by atoms with Gasteiger partial charge in [0, 0.05) is 11.8 Å². The maximum absolute atomic E-state index is 12.0. The van der Waals surface area contributed by atoms with Gasteiger partial charge in [0.15, 0.2) is 0 Å². The minimum atomic E-state index is -1.26. The number of carbonyl (C=O) groups excluding carboxylic acids is 2. The first-order chi connectivity index (χ1) is 9.61. The third-order valence-electron chi connectivity index (χ3n) is 4.64. The topological polar surface area (TPSA) is 75.6 Å². The highest BCUT2D eigenvalue weighted by atomic mass is 35.5. The number of carbonyl (C=O) groups is 2. The molecule has 110 valence electrons. The lowest BCUT2D eigenvalue weighted by Gasteiger charge is -2.47. The van der Waals surface area contributed by atoms with Crippen LogP contribution in [0.4, 0.5) is 0 Å². The van der Waals surface area contributed by atoms with Crippen molar-refractivity contribution < 1.29 is 19.4 Å². The molecule has 0 bridgehead atoms. The first kappa shape index (κ1) is 13.9. The molecule has 1 amide bonds. The zero-order valence-electron chi connectivity index (χ0n) is 11.0. The normalized spacial score (nSPS) is 40.6. The number of hydrogen-bond donors (Lipinski definition) is 2. The van der Waals surface area contributed by atoms with Gasteiger partial charge in [0.05, 0.1) is 12.0 Å². The van der Waals surface area contributed by atoms with E-state index in [-0.39, 0.29) is 11.8 Å². The second-order valence-electron chi connectivity index (χ2n) is 5.74. The molecule has 2 saturated heterocycles. The number of aliphatic hydroxyl groups excluding tert-OH is 1. The van der Waals surface area contributed by atoms with Crippen LogP contribution in [0.2, 0.25) is 0 Å². The van der Waals surface area contributed by atoms with Crippen LogP contribution < -0.4 is 5.32 Å². The van der Waals surface area contributed by atoms with Crippen LogP contribution in [0.15, 0.2) is 12.2 Å². The average Bonchev–Trinajstić information content (AvgIpc) is 2.69. The van der Waals surface area contributed by atoms with Gasteiger partial charge in [0.25, 0.3) is 0 Å². The number of rotatable bonds is 4. The zero-order valence-corrected chi connectivity index (χ0v) is 11.8. The summed E-state index contributed by atoms with van der Waals surface area (Å²) >= 11 is 5.70. The van der Waals surface area contributed by atoms with E-state index in [2.05, 4.69) is 5.32 Å². The molecule has 5 nitrogen and oxygen atoms in total. The minimum Gasteiger partial charge on any atom is -0.456 e. The van der Waals surface area contributed by atoms with Gasteiger partial charge in [-0.25, -0.2) is 4.79 Å². The fourth-order valence-electron chi connectivity index (χ4n) is 3.52. The van der Waals surface area contributed by atoms with E-state index in [4.69, 9.17) is 16.3 Å². The Morgan fingerprint density at radius 1 is 1.55 bits per heavy atom. The van der Waals surface area contributed by atoms with Gasteiger partial charge in [-0.1, -0.05) is 12.2 Å². The summed E-state index contributed by atoms with van der Waals surface area (Å²) in [6.45, 7) is 0. The highest BCUT2D eigenvalue weighted by molar-refractivity contribution is 6.18. The molecule has 2 aliphatic heterocycles. The lowest BCUT2D eigenvalue weighted by atomic mass is 9.72. The van der Waals surface area contributed by atoms with Crippen LogP contribution in [-0.2, 0) is 14.3 Å². The fraction of sp³-hybridized carbons (Fsp3) is 0.714. The van der Waals surface area contributed by atoms with E-state index >= 15 is 0 Å². The number of fused-ring (bicyclic) bond motifs is 1.